The van der Waals surface area contributed by atoms with Gasteiger partial charge in [0.25, 0.3) is 5.91 Å². The number of ether oxygens (including phenoxy) is 1. The van der Waals surface area contributed by atoms with Crippen molar-refractivity contribution < 1.29 is 32.7 Å². The summed E-state index contributed by atoms with van der Waals surface area (Å²) in [5.41, 5.74) is 2.62. The fourth-order valence-corrected chi connectivity index (χ4v) is 4.46. The molecule has 35 heavy (non-hydrogen) atoms. The van der Waals surface area contributed by atoms with Gasteiger partial charge in [-0.25, -0.2) is 23.5 Å². The summed E-state index contributed by atoms with van der Waals surface area (Å²) in [5, 5.41) is 11.4. The highest BCUT2D eigenvalue weighted by molar-refractivity contribution is 7.92. The van der Waals surface area contributed by atoms with Gasteiger partial charge in [0.05, 0.1) is 13.1 Å². The van der Waals surface area contributed by atoms with Crippen LogP contribution in [0, 0.1) is 23.7 Å². The third-order valence-corrected chi connectivity index (χ3v) is 8.00. The normalized spacial score (nSPS) is 17.1. The molecule has 2 aliphatic rings. The van der Waals surface area contributed by atoms with E-state index in [0.717, 1.165) is 6.26 Å². The SMILES string of the molecule is CN1CC(OC(=O)NCC#CC#Cc2cc3n(c2)C(=O)N(CC[C@](C)(C(=O)NO)S(C)(=O)=O)C3)C1. The lowest BCUT2D eigenvalue weighted by molar-refractivity contribution is -0.131. The average Bonchev–Trinajstić information content (AvgIpc) is 3.30. The second-order valence-corrected chi connectivity index (χ2v) is 11.1. The first-order valence-electron chi connectivity index (χ1n) is 10.7. The second-order valence-electron chi connectivity index (χ2n) is 8.64. The Balaban J connectivity index is 1.50. The Morgan fingerprint density at radius 2 is 2.03 bits per heavy atom. The van der Waals surface area contributed by atoms with Crippen LogP contribution in [0.15, 0.2) is 12.3 Å². The highest BCUT2D eigenvalue weighted by Crippen LogP contribution is 2.25. The van der Waals surface area contributed by atoms with E-state index in [1.54, 1.807) is 12.3 Å². The van der Waals surface area contributed by atoms with Crippen LogP contribution >= 0.6 is 0 Å². The van der Waals surface area contributed by atoms with Crippen molar-refractivity contribution in [1.82, 2.24) is 25.2 Å². The summed E-state index contributed by atoms with van der Waals surface area (Å²) < 4.78 is 28.8. The third kappa shape index (κ3) is 5.95. The van der Waals surface area contributed by atoms with Crippen LogP contribution in [0.25, 0.3) is 0 Å². The molecule has 1 saturated heterocycles. The summed E-state index contributed by atoms with van der Waals surface area (Å²) in [5.74, 6) is 9.75. The molecule has 0 aliphatic carbocycles. The van der Waals surface area contributed by atoms with Gasteiger partial charge in [0.1, 0.15) is 6.10 Å². The highest BCUT2D eigenvalue weighted by atomic mass is 32.2. The van der Waals surface area contributed by atoms with Crippen LogP contribution in [0.5, 0.6) is 0 Å². The number of carbonyl (C=O) groups excluding carboxylic acids is 3. The number of carbonyl (C=O) groups is 3. The third-order valence-electron chi connectivity index (χ3n) is 5.97. The molecule has 3 N–H and O–H groups in total. The number of nitrogens with one attached hydrogen (secondary N) is 2. The van der Waals surface area contributed by atoms with Gasteiger partial charge in [-0.2, -0.15) is 0 Å². The van der Waals surface area contributed by atoms with Crippen LogP contribution in [-0.4, -0.2) is 96.4 Å². The maximum absolute atomic E-state index is 12.7. The Hall–Kier alpha value is -3.52. The number of sulfone groups is 1. The zero-order valence-corrected chi connectivity index (χ0v) is 20.4. The minimum Gasteiger partial charge on any atom is -0.443 e. The maximum atomic E-state index is 12.7. The number of hydrogen-bond acceptors (Lipinski definition) is 8. The van der Waals surface area contributed by atoms with Gasteiger partial charge in [0.15, 0.2) is 14.6 Å². The summed E-state index contributed by atoms with van der Waals surface area (Å²) >= 11 is 0. The number of rotatable bonds is 7. The van der Waals surface area contributed by atoms with Crippen molar-refractivity contribution in [3.8, 4) is 23.7 Å². The lowest BCUT2D eigenvalue weighted by Gasteiger charge is -2.34. The van der Waals surface area contributed by atoms with Gasteiger partial charge >= 0.3 is 12.1 Å². The van der Waals surface area contributed by atoms with Gasteiger partial charge < -0.3 is 15.0 Å². The van der Waals surface area contributed by atoms with E-state index in [0.29, 0.717) is 24.3 Å². The molecular formula is C22H27N5O7S. The fourth-order valence-electron chi connectivity index (χ4n) is 3.62. The molecule has 12 nitrogen and oxygen atoms in total. The summed E-state index contributed by atoms with van der Waals surface area (Å²) in [4.78, 5) is 39.6. The molecule has 0 unspecified atom stereocenters. The highest BCUT2D eigenvalue weighted by Gasteiger charge is 2.44. The van der Waals surface area contributed by atoms with Crippen LogP contribution in [0.3, 0.4) is 0 Å². The monoisotopic (exact) mass is 505 g/mol. The number of hydroxylamine groups is 1. The van der Waals surface area contributed by atoms with Gasteiger partial charge in [0, 0.05) is 43.3 Å². The molecular weight excluding hydrogens is 478 g/mol. The van der Waals surface area contributed by atoms with Crippen molar-refractivity contribution in [3.63, 3.8) is 0 Å². The van der Waals surface area contributed by atoms with Crippen molar-refractivity contribution in [2.75, 3.05) is 39.5 Å². The lowest BCUT2D eigenvalue weighted by Crippen LogP contribution is -2.51. The quantitative estimate of drug-likeness (QED) is 0.252. The summed E-state index contributed by atoms with van der Waals surface area (Å²) in [6.45, 7) is 2.94. The second kappa shape index (κ2) is 10.4. The van der Waals surface area contributed by atoms with Crippen LogP contribution in [0.2, 0.25) is 0 Å². The first-order chi connectivity index (χ1) is 16.4. The van der Waals surface area contributed by atoms with Crippen LogP contribution in [0.4, 0.5) is 9.59 Å². The molecule has 1 atom stereocenters. The maximum Gasteiger partial charge on any atom is 0.408 e. The first-order valence-corrected chi connectivity index (χ1v) is 12.6. The van der Waals surface area contributed by atoms with Gasteiger partial charge in [-0.3, -0.25) is 19.5 Å². The number of aromatic nitrogens is 1. The van der Waals surface area contributed by atoms with E-state index in [1.807, 2.05) is 11.9 Å². The molecule has 0 spiro atoms. The Labute approximate surface area is 203 Å². The van der Waals surface area contributed by atoms with Gasteiger partial charge in [-0.15, -0.1) is 0 Å². The zero-order valence-electron chi connectivity index (χ0n) is 19.6. The fraction of sp³-hybridized carbons (Fsp3) is 0.500. The summed E-state index contributed by atoms with van der Waals surface area (Å²) in [6, 6.07) is 1.34. The summed E-state index contributed by atoms with van der Waals surface area (Å²) in [6.07, 6.45) is 1.66. The van der Waals surface area contributed by atoms with Crippen molar-refractivity contribution in [2.24, 2.45) is 0 Å². The first kappa shape index (κ1) is 26.1. The van der Waals surface area contributed by atoms with Gasteiger partial charge in [-0.1, -0.05) is 11.8 Å². The van der Waals surface area contributed by atoms with Crippen LogP contribution in [-0.2, 0) is 25.9 Å². The molecule has 3 rings (SSSR count). The molecule has 0 aromatic carbocycles. The number of nitrogens with zero attached hydrogens (tertiary/aromatic N) is 3. The standard InChI is InChI=1S/C22H27N5O7S/c1-22(19(28)24-31,35(3,32)33)8-10-26-13-17-11-16(12-27(17)21(26)30)7-5-4-6-9-23-20(29)34-18-14-25(2)15-18/h11-12,18,31H,8-10,13-15H2,1-3H3,(H,23,29)(H,24,28)/t22-/m1/s1. The number of alkyl carbamates (subject to hydrolysis) is 1. The predicted molar refractivity (Wildman–Crippen MR) is 124 cm³/mol. The molecule has 3 heterocycles. The molecule has 0 saturated carbocycles. The Kier molecular flexibility index (Phi) is 7.75. The van der Waals surface area contributed by atoms with Gasteiger partial charge in [0.2, 0.25) is 0 Å². The van der Waals surface area contributed by atoms with Crippen molar-refractivity contribution in [1.29, 1.82) is 0 Å². The van der Waals surface area contributed by atoms with Crippen molar-refractivity contribution >= 4 is 27.9 Å². The van der Waals surface area contributed by atoms with Crippen molar-refractivity contribution in [2.45, 2.75) is 30.7 Å². The number of fused-ring (bicyclic) bond motifs is 1. The average molecular weight is 506 g/mol. The largest absolute Gasteiger partial charge is 0.443 e. The van der Waals surface area contributed by atoms with E-state index >= 15 is 0 Å². The van der Waals surface area contributed by atoms with E-state index in [4.69, 9.17) is 9.94 Å². The molecule has 0 radical (unpaired) electrons. The molecule has 2 aliphatic heterocycles. The molecule has 1 aromatic rings. The minimum absolute atomic E-state index is 0.00310. The summed E-state index contributed by atoms with van der Waals surface area (Å²) in [7, 11) is -1.92. The Morgan fingerprint density at radius 3 is 2.63 bits per heavy atom. The molecule has 188 valence electrons. The number of hydrogen-bond donors (Lipinski definition) is 3. The number of likely N-dealkylation sites (N-methyl/N-ethyl adjacent to an activating group) is 1. The lowest BCUT2D eigenvalue weighted by atomic mass is 10.1. The van der Waals surface area contributed by atoms with Crippen LogP contribution < -0.4 is 10.8 Å². The molecule has 1 fully saturated rings. The zero-order chi connectivity index (χ0) is 25.8. The van der Waals surface area contributed by atoms with Gasteiger partial charge in [-0.05, 0) is 38.3 Å². The van der Waals surface area contributed by atoms with E-state index in [9.17, 15) is 22.8 Å². The van der Waals surface area contributed by atoms with Crippen LogP contribution in [0.1, 0.15) is 24.6 Å². The predicted octanol–water partition coefficient (Wildman–Crippen LogP) is -0.634. The topological polar surface area (TPSA) is 150 Å². The Bertz CT molecular complexity index is 1240. The van der Waals surface area contributed by atoms with E-state index in [2.05, 4.69) is 29.0 Å². The molecule has 0 bridgehead atoms. The minimum atomic E-state index is -3.85. The molecule has 13 heteroatoms. The van der Waals surface area contributed by atoms with E-state index < -0.39 is 26.6 Å². The Morgan fingerprint density at radius 1 is 1.31 bits per heavy atom. The smallest absolute Gasteiger partial charge is 0.408 e. The van der Waals surface area contributed by atoms with E-state index in [1.165, 1.54) is 21.9 Å². The molecule has 1 aromatic heterocycles. The number of likely N-dealkylation sites (tertiary alicyclic amines) is 1. The number of amides is 3. The van der Waals surface area contributed by atoms with Crippen molar-refractivity contribution in [3.05, 3.63) is 23.5 Å². The molecule has 3 amide bonds. The van der Waals surface area contributed by atoms with E-state index in [-0.39, 0.29) is 38.2 Å².